The smallest absolute Gasteiger partial charge is 0.188 e. The summed E-state index contributed by atoms with van der Waals surface area (Å²) in [6, 6.07) is 8.59. The predicted octanol–water partition coefficient (Wildman–Crippen LogP) is 3.29. The minimum Gasteiger partial charge on any atom is -0.378 e. The van der Waals surface area contributed by atoms with Crippen LogP contribution in [0.15, 0.2) is 29.3 Å². The van der Waals surface area contributed by atoms with E-state index in [0.717, 1.165) is 39.3 Å². The summed E-state index contributed by atoms with van der Waals surface area (Å²) < 4.78 is 5.39. The Balaban J connectivity index is 1.64. The number of anilines is 1. The van der Waals surface area contributed by atoms with Gasteiger partial charge in [-0.3, -0.25) is 0 Å². The number of guanidine groups is 1. The molecule has 2 rings (SSSR count). The molecule has 0 spiro atoms. The van der Waals surface area contributed by atoms with Crippen LogP contribution in [0, 0.1) is 0 Å². The van der Waals surface area contributed by atoms with E-state index >= 15 is 0 Å². The largest absolute Gasteiger partial charge is 0.378 e. The van der Waals surface area contributed by atoms with Crippen LogP contribution in [0.1, 0.15) is 51.0 Å². The van der Waals surface area contributed by atoms with Crippen molar-refractivity contribution in [1.82, 2.24) is 5.32 Å². The molecule has 0 atom stereocenters. The van der Waals surface area contributed by atoms with Crippen molar-refractivity contribution < 1.29 is 4.74 Å². The van der Waals surface area contributed by atoms with E-state index in [4.69, 9.17) is 10.5 Å². The molecule has 5 heteroatoms. The van der Waals surface area contributed by atoms with Crippen molar-refractivity contribution >= 4 is 11.6 Å². The Kier molecular flexibility index (Phi) is 9.19. The number of ether oxygens (including phenoxy) is 1. The third-order valence-electron chi connectivity index (χ3n) is 4.58. The molecule has 1 heterocycles. The lowest BCUT2D eigenvalue weighted by atomic mass is 10.1. The van der Waals surface area contributed by atoms with Crippen LogP contribution in [0.5, 0.6) is 0 Å². The van der Waals surface area contributed by atoms with Gasteiger partial charge in [-0.1, -0.05) is 51.2 Å². The van der Waals surface area contributed by atoms with E-state index in [1.54, 1.807) is 0 Å². The zero-order valence-electron chi connectivity index (χ0n) is 15.7. The zero-order valence-corrected chi connectivity index (χ0v) is 15.7. The topological polar surface area (TPSA) is 62.9 Å². The van der Waals surface area contributed by atoms with E-state index in [1.807, 2.05) is 0 Å². The first kappa shape index (κ1) is 19.6. The quantitative estimate of drug-likeness (QED) is 0.388. The molecule has 0 saturated carbocycles. The summed E-state index contributed by atoms with van der Waals surface area (Å²) in [5.41, 5.74) is 8.38. The van der Waals surface area contributed by atoms with Crippen LogP contribution in [-0.4, -0.2) is 38.8 Å². The van der Waals surface area contributed by atoms with Gasteiger partial charge in [-0.2, -0.15) is 0 Å². The van der Waals surface area contributed by atoms with Gasteiger partial charge in [0.05, 0.1) is 19.8 Å². The number of nitrogens with two attached hydrogens (primary N) is 1. The van der Waals surface area contributed by atoms with Gasteiger partial charge in [0.25, 0.3) is 0 Å². The molecule has 1 saturated heterocycles. The molecule has 140 valence electrons. The van der Waals surface area contributed by atoms with Crippen LogP contribution >= 0.6 is 0 Å². The molecule has 0 aromatic heterocycles. The number of nitrogens with one attached hydrogen (secondary N) is 1. The third kappa shape index (κ3) is 7.78. The molecule has 1 aromatic carbocycles. The van der Waals surface area contributed by atoms with Gasteiger partial charge in [0.15, 0.2) is 5.96 Å². The number of benzene rings is 1. The van der Waals surface area contributed by atoms with Crippen molar-refractivity contribution in [3.05, 3.63) is 29.8 Å². The van der Waals surface area contributed by atoms with Crippen LogP contribution in [0.25, 0.3) is 0 Å². The Morgan fingerprint density at radius 2 is 1.76 bits per heavy atom. The summed E-state index contributed by atoms with van der Waals surface area (Å²) in [6.45, 7) is 7.34. The number of hydrogen-bond donors (Lipinski definition) is 2. The molecule has 0 bridgehead atoms. The molecule has 1 aliphatic heterocycles. The molecule has 0 amide bonds. The van der Waals surface area contributed by atoms with Gasteiger partial charge in [-0.15, -0.1) is 0 Å². The van der Waals surface area contributed by atoms with Gasteiger partial charge >= 0.3 is 0 Å². The average molecular weight is 347 g/mol. The Morgan fingerprint density at radius 1 is 1.08 bits per heavy atom. The van der Waals surface area contributed by atoms with Crippen LogP contribution < -0.4 is 16.0 Å². The number of hydrogen-bond acceptors (Lipinski definition) is 3. The molecule has 0 radical (unpaired) electrons. The maximum absolute atomic E-state index is 5.95. The molecule has 25 heavy (non-hydrogen) atoms. The van der Waals surface area contributed by atoms with Gasteiger partial charge in [-0.05, 0) is 24.1 Å². The van der Waals surface area contributed by atoms with Crippen LogP contribution in [-0.2, 0) is 11.3 Å². The van der Waals surface area contributed by atoms with E-state index in [-0.39, 0.29) is 0 Å². The molecule has 0 aliphatic carbocycles. The maximum atomic E-state index is 5.95. The van der Waals surface area contributed by atoms with Crippen LogP contribution in [0.3, 0.4) is 0 Å². The fourth-order valence-corrected chi connectivity index (χ4v) is 2.99. The Labute approximate surface area is 152 Å². The lowest BCUT2D eigenvalue weighted by Gasteiger charge is -2.28. The highest BCUT2D eigenvalue weighted by Gasteiger charge is 2.10. The number of nitrogens with zero attached hydrogens (tertiary/aromatic N) is 2. The van der Waals surface area contributed by atoms with Crippen molar-refractivity contribution in [1.29, 1.82) is 0 Å². The van der Waals surface area contributed by atoms with Gasteiger partial charge in [0, 0.05) is 25.3 Å². The van der Waals surface area contributed by atoms with E-state index in [0.29, 0.717) is 12.5 Å². The lowest BCUT2D eigenvalue weighted by Crippen LogP contribution is -2.36. The number of aliphatic imine (C=N–C) groups is 1. The Bertz CT molecular complexity index is 495. The summed E-state index contributed by atoms with van der Waals surface area (Å²) in [5, 5.41) is 3.21. The van der Waals surface area contributed by atoms with Gasteiger partial charge in [0.2, 0.25) is 0 Å². The number of unbranched alkanes of at least 4 members (excludes halogenated alkanes) is 5. The van der Waals surface area contributed by atoms with Crippen molar-refractivity contribution in [2.45, 2.75) is 52.0 Å². The highest BCUT2D eigenvalue weighted by molar-refractivity contribution is 5.77. The molecule has 1 fully saturated rings. The first-order valence-electron chi connectivity index (χ1n) is 9.75. The summed E-state index contributed by atoms with van der Waals surface area (Å²) in [7, 11) is 0. The fourth-order valence-electron chi connectivity index (χ4n) is 2.99. The maximum Gasteiger partial charge on any atom is 0.188 e. The number of morpholine rings is 1. The summed E-state index contributed by atoms with van der Waals surface area (Å²) in [4.78, 5) is 6.79. The van der Waals surface area contributed by atoms with Crippen molar-refractivity contribution in [3.63, 3.8) is 0 Å². The minimum absolute atomic E-state index is 0.547. The SMILES string of the molecule is CCCCCCCCNC(N)=NCc1ccc(N2CCOCC2)cc1. The van der Waals surface area contributed by atoms with Gasteiger partial charge < -0.3 is 20.7 Å². The van der Waals surface area contributed by atoms with E-state index in [1.165, 1.54) is 43.4 Å². The summed E-state index contributed by atoms with van der Waals surface area (Å²) >= 11 is 0. The number of rotatable bonds is 10. The first-order chi connectivity index (χ1) is 12.3. The standard InChI is InChI=1S/C20H34N4O/c1-2-3-4-5-6-7-12-22-20(21)23-17-18-8-10-19(11-9-18)24-13-15-25-16-14-24/h8-11H,2-7,12-17H2,1H3,(H3,21,22,23). The van der Waals surface area contributed by atoms with Crippen LogP contribution in [0.4, 0.5) is 5.69 Å². The van der Waals surface area contributed by atoms with Crippen molar-refractivity contribution in [3.8, 4) is 0 Å². The highest BCUT2D eigenvalue weighted by atomic mass is 16.5. The Morgan fingerprint density at radius 3 is 2.48 bits per heavy atom. The fraction of sp³-hybridized carbons (Fsp3) is 0.650. The molecular weight excluding hydrogens is 312 g/mol. The highest BCUT2D eigenvalue weighted by Crippen LogP contribution is 2.17. The minimum atomic E-state index is 0.547. The van der Waals surface area contributed by atoms with Crippen LogP contribution in [0.2, 0.25) is 0 Å². The van der Waals surface area contributed by atoms with Gasteiger partial charge in [0.1, 0.15) is 0 Å². The second-order valence-corrected chi connectivity index (χ2v) is 6.66. The second kappa shape index (κ2) is 11.7. The van der Waals surface area contributed by atoms with Crippen molar-refractivity contribution in [2.75, 3.05) is 37.7 Å². The molecule has 5 nitrogen and oxygen atoms in total. The zero-order chi connectivity index (χ0) is 17.7. The first-order valence-corrected chi connectivity index (χ1v) is 9.75. The van der Waals surface area contributed by atoms with E-state index in [9.17, 15) is 0 Å². The lowest BCUT2D eigenvalue weighted by molar-refractivity contribution is 0.122. The Hall–Kier alpha value is -1.75. The normalized spacial score (nSPS) is 15.4. The summed E-state index contributed by atoms with van der Waals surface area (Å²) in [6.07, 6.45) is 7.74. The second-order valence-electron chi connectivity index (χ2n) is 6.66. The molecule has 1 aliphatic rings. The average Bonchev–Trinajstić information content (AvgIpc) is 2.67. The molecule has 0 unspecified atom stereocenters. The van der Waals surface area contributed by atoms with Gasteiger partial charge in [-0.25, -0.2) is 4.99 Å². The van der Waals surface area contributed by atoms with E-state index < -0.39 is 0 Å². The van der Waals surface area contributed by atoms with E-state index in [2.05, 4.69) is 46.4 Å². The summed E-state index contributed by atoms with van der Waals surface area (Å²) in [5.74, 6) is 0.547. The monoisotopic (exact) mass is 346 g/mol. The molecule has 3 N–H and O–H groups in total. The van der Waals surface area contributed by atoms with Crippen molar-refractivity contribution in [2.24, 2.45) is 10.7 Å². The predicted molar refractivity (Wildman–Crippen MR) is 106 cm³/mol. The molecule has 1 aromatic rings. The molecular formula is C20H34N4O. The third-order valence-corrected chi connectivity index (χ3v) is 4.58.